The van der Waals surface area contributed by atoms with E-state index in [1.165, 1.54) is 22.6 Å². The lowest BCUT2D eigenvalue weighted by Crippen LogP contribution is -2.40. The van der Waals surface area contributed by atoms with Crippen LogP contribution in [-0.4, -0.2) is 17.4 Å². The summed E-state index contributed by atoms with van der Waals surface area (Å²) in [5, 5.41) is 2.08. The van der Waals surface area contributed by atoms with E-state index in [1.807, 2.05) is 29.2 Å². The minimum atomic E-state index is -0.263. The Morgan fingerprint density at radius 1 is 1.04 bits per heavy atom. The molecule has 0 spiro atoms. The van der Waals surface area contributed by atoms with Gasteiger partial charge in [0.05, 0.1) is 6.04 Å². The van der Waals surface area contributed by atoms with Crippen molar-refractivity contribution >= 4 is 17.2 Å². The Bertz CT molecular complexity index is 983. The summed E-state index contributed by atoms with van der Waals surface area (Å²) in [6, 6.07) is 16.4. The summed E-state index contributed by atoms with van der Waals surface area (Å²) in [6.07, 6.45) is 0.858. The van der Waals surface area contributed by atoms with Crippen LogP contribution in [0, 0.1) is 5.82 Å². The predicted octanol–water partition coefficient (Wildman–Crippen LogP) is 5.97. The molecule has 144 valence electrons. The van der Waals surface area contributed by atoms with Gasteiger partial charge in [-0.05, 0) is 64.2 Å². The first-order valence-electron chi connectivity index (χ1n) is 9.58. The molecule has 3 aromatic rings. The molecule has 2 aromatic carbocycles. The number of hydrogen-bond acceptors (Lipinski definition) is 2. The average molecular weight is 394 g/mol. The highest BCUT2D eigenvalue weighted by Crippen LogP contribution is 2.38. The maximum absolute atomic E-state index is 13.5. The fraction of sp³-hybridized carbons (Fsp3) is 0.292. The summed E-state index contributed by atoms with van der Waals surface area (Å²) in [5.41, 5.74) is 4.05. The molecule has 2 nitrogen and oxygen atoms in total. The van der Waals surface area contributed by atoms with Crippen molar-refractivity contribution in [2.75, 3.05) is 6.54 Å². The van der Waals surface area contributed by atoms with Crippen LogP contribution >= 0.6 is 11.3 Å². The molecule has 4 heteroatoms. The first-order chi connectivity index (χ1) is 13.3. The van der Waals surface area contributed by atoms with Crippen LogP contribution in [0.4, 0.5) is 4.39 Å². The molecule has 1 aliphatic heterocycles. The van der Waals surface area contributed by atoms with Gasteiger partial charge in [-0.3, -0.25) is 4.79 Å². The maximum atomic E-state index is 13.5. The second-order valence-electron chi connectivity index (χ2n) is 8.33. The maximum Gasteiger partial charge on any atom is 0.254 e. The largest absolute Gasteiger partial charge is 0.327 e. The molecular formula is C24H24FNOS. The Labute approximate surface area is 169 Å². The standard InChI is InChI=1S/C24H24FNOS/c1-24(2,3)18-8-4-17(5-9-18)23(27)26-14-12-21-20(13-15-28-21)22(26)16-6-10-19(25)11-7-16/h4-11,13,15,22H,12,14H2,1-3H3. The Balaban J connectivity index is 1.71. The molecule has 1 amide bonds. The predicted molar refractivity (Wildman–Crippen MR) is 112 cm³/mol. The fourth-order valence-corrected chi connectivity index (χ4v) is 4.72. The summed E-state index contributed by atoms with van der Waals surface area (Å²) in [5.74, 6) is -0.243. The second-order valence-corrected chi connectivity index (χ2v) is 9.33. The summed E-state index contributed by atoms with van der Waals surface area (Å²) in [6.45, 7) is 7.15. The number of carbonyl (C=O) groups is 1. The van der Waals surface area contributed by atoms with Crippen molar-refractivity contribution in [2.45, 2.75) is 38.6 Å². The van der Waals surface area contributed by atoms with E-state index in [4.69, 9.17) is 0 Å². The van der Waals surface area contributed by atoms with E-state index in [2.05, 4.69) is 32.2 Å². The molecule has 1 aliphatic rings. The zero-order chi connectivity index (χ0) is 19.9. The van der Waals surface area contributed by atoms with Crippen LogP contribution in [0.5, 0.6) is 0 Å². The normalized spacial score (nSPS) is 16.7. The van der Waals surface area contributed by atoms with Crippen molar-refractivity contribution in [3.05, 3.63) is 92.9 Å². The number of nitrogens with zero attached hydrogens (tertiary/aromatic N) is 1. The molecule has 0 saturated carbocycles. The number of benzene rings is 2. The van der Waals surface area contributed by atoms with Gasteiger partial charge in [0.25, 0.3) is 5.91 Å². The Hall–Kier alpha value is -2.46. The van der Waals surface area contributed by atoms with Gasteiger partial charge in [0.15, 0.2) is 0 Å². The van der Waals surface area contributed by atoms with Crippen LogP contribution in [0.2, 0.25) is 0 Å². The SMILES string of the molecule is CC(C)(C)c1ccc(C(=O)N2CCc3sccc3C2c2ccc(F)cc2)cc1. The van der Waals surface area contributed by atoms with Gasteiger partial charge in [0, 0.05) is 17.0 Å². The smallest absolute Gasteiger partial charge is 0.254 e. The molecule has 4 rings (SSSR count). The van der Waals surface area contributed by atoms with Crippen molar-refractivity contribution in [3.63, 3.8) is 0 Å². The molecule has 0 radical (unpaired) electrons. The molecule has 1 atom stereocenters. The average Bonchev–Trinajstić information content (AvgIpc) is 3.16. The molecule has 1 unspecified atom stereocenters. The number of fused-ring (bicyclic) bond motifs is 1. The zero-order valence-corrected chi connectivity index (χ0v) is 17.2. The number of amides is 1. The lowest BCUT2D eigenvalue weighted by atomic mass is 9.86. The first-order valence-corrected chi connectivity index (χ1v) is 10.5. The monoisotopic (exact) mass is 393 g/mol. The molecule has 0 bridgehead atoms. The Kier molecular flexibility index (Phi) is 4.84. The zero-order valence-electron chi connectivity index (χ0n) is 16.4. The van der Waals surface area contributed by atoms with Crippen LogP contribution in [0.3, 0.4) is 0 Å². The highest BCUT2D eigenvalue weighted by molar-refractivity contribution is 7.10. The second kappa shape index (κ2) is 7.17. The van der Waals surface area contributed by atoms with E-state index in [1.54, 1.807) is 23.5 Å². The number of thiophene rings is 1. The lowest BCUT2D eigenvalue weighted by Gasteiger charge is -2.36. The topological polar surface area (TPSA) is 20.3 Å². The fourth-order valence-electron chi connectivity index (χ4n) is 3.82. The van der Waals surface area contributed by atoms with Crippen molar-refractivity contribution in [1.29, 1.82) is 0 Å². The third-order valence-corrected chi connectivity index (χ3v) is 6.41. The van der Waals surface area contributed by atoms with Gasteiger partial charge in [-0.25, -0.2) is 4.39 Å². The van der Waals surface area contributed by atoms with Crippen molar-refractivity contribution < 1.29 is 9.18 Å². The number of hydrogen-bond donors (Lipinski definition) is 0. The van der Waals surface area contributed by atoms with Gasteiger partial charge in [0.1, 0.15) is 5.82 Å². The van der Waals surface area contributed by atoms with E-state index in [9.17, 15) is 9.18 Å². The minimum absolute atomic E-state index is 0.0200. The molecule has 0 fully saturated rings. The van der Waals surface area contributed by atoms with Gasteiger partial charge in [-0.15, -0.1) is 11.3 Å². The summed E-state index contributed by atoms with van der Waals surface area (Å²) in [7, 11) is 0. The molecule has 1 aromatic heterocycles. The van der Waals surface area contributed by atoms with Gasteiger partial charge in [-0.2, -0.15) is 0 Å². The van der Waals surface area contributed by atoms with Crippen LogP contribution < -0.4 is 0 Å². The van der Waals surface area contributed by atoms with Crippen molar-refractivity contribution in [2.24, 2.45) is 0 Å². The van der Waals surface area contributed by atoms with E-state index in [-0.39, 0.29) is 23.2 Å². The molecule has 28 heavy (non-hydrogen) atoms. The van der Waals surface area contributed by atoms with E-state index in [0.717, 1.165) is 17.5 Å². The van der Waals surface area contributed by atoms with Crippen LogP contribution in [0.25, 0.3) is 0 Å². The van der Waals surface area contributed by atoms with Crippen LogP contribution in [0.1, 0.15) is 58.7 Å². The first kappa shape index (κ1) is 18.9. The highest BCUT2D eigenvalue weighted by atomic mass is 32.1. The van der Waals surface area contributed by atoms with E-state index < -0.39 is 0 Å². The van der Waals surface area contributed by atoms with Crippen molar-refractivity contribution in [1.82, 2.24) is 4.90 Å². The summed E-state index contributed by atoms with van der Waals surface area (Å²) < 4.78 is 13.5. The molecule has 0 saturated heterocycles. The van der Waals surface area contributed by atoms with E-state index >= 15 is 0 Å². The summed E-state index contributed by atoms with van der Waals surface area (Å²) >= 11 is 1.73. The Morgan fingerprint density at radius 2 is 1.71 bits per heavy atom. The third-order valence-electron chi connectivity index (χ3n) is 5.41. The van der Waals surface area contributed by atoms with Gasteiger partial charge < -0.3 is 4.90 Å². The van der Waals surface area contributed by atoms with Gasteiger partial charge in [0.2, 0.25) is 0 Å². The molecular weight excluding hydrogens is 369 g/mol. The number of halogens is 1. The molecule has 2 heterocycles. The molecule has 0 aliphatic carbocycles. The van der Waals surface area contributed by atoms with E-state index in [0.29, 0.717) is 12.1 Å². The molecule has 0 N–H and O–H groups in total. The highest BCUT2D eigenvalue weighted by Gasteiger charge is 2.33. The van der Waals surface area contributed by atoms with Crippen molar-refractivity contribution in [3.8, 4) is 0 Å². The van der Waals surface area contributed by atoms with Crippen LogP contribution in [-0.2, 0) is 11.8 Å². The third kappa shape index (κ3) is 3.49. The van der Waals surface area contributed by atoms with Crippen LogP contribution in [0.15, 0.2) is 60.0 Å². The number of carbonyl (C=O) groups excluding carboxylic acids is 1. The Morgan fingerprint density at radius 3 is 2.36 bits per heavy atom. The van der Waals surface area contributed by atoms with Gasteiger partial charge >= 0.3 is 0 Å². The number of rotatable bonds is 2. The minimum Gasteiger partial charge on any atom is -0.327 e. The summed E-state index contributed by atoms with van der Waals surface area (Å²) in [4.78, 5) is 16.6. The van der Waals surface area contributed by atoms with Gasteiger partial charge in [-0.1, -0.05) is 45.0 Å². The quantitative estimate of drug-likeness (QED) is 0.525. The lowest BCUT2D eigenvalue weighted by molar-refractivity contribution is 0.0696.